The summed E-state index contributed by atoms with van der Waals surface area (Å²) >= 11 is 0. The predicted octanol–water partition coefficient (Wildman–Crippen LogP) is 3.06. The maximum atomic E-state index is 5.88. The lowest BCUT2D eigenvalue weighted by molar-refractivity contribution is 0.00520. The summed E-state index contributed by atoms with van der Waals surface area (Å²) in [5.74, 6) is 1.37. The maximum Gasteiger partial charge on any atom is 0.221 e. The van der Waals surface area contributed by atoms with E-state index < -0.39 is 0 Å². The van der Waals surface area contributed by atoms with Crippen molar-refractivity contribution in [3.63, 3.8) is 0 Å². The highest BCUT2D eigenvalue weighted by molar-refractivity contribution is 6.08. The minimum atomic E-state index is 0.00587. The number of rotatable bonds is 2. The molecule has 4 heterocycles. The van der Waals surface area contributed by atoms with Gasteiger partial charge in [0.05, 0.1) is 25.4 Å². The molecule has 0 bridgehead atoms. The smallest absolute Gasteiger partial charge is 0.221 e. The Morgan fingerprint density at radius 3 is 2.97 bits per heavy atom. The molecule has 4 rings (SSSR count). The summed E-state index contributed by atoms with van der Waals surface area (Å²) in [4.78, 5) is 16.7. The molecule has 2 N–H and O–H groups in total. The number of guanidine groups is 1. The molecule has 3 aliphatic rings. The molecule has 0 radical (unpaired) electrons. The van der Waals surface area contributed by atoms with Crippen molar-refractivity contribution in [1.29, 1.82) is 0 Å². The van der Waals surface area contributed by atoms with Gasteiger partial charge in [0, 0.05) is 38.0 Å². The van der Waals surface area contributed by atoms with E-state index in [1.54, 1.807) is 0 Å². The fourth-order valence-corrected chi connectivity index (χ4v) is 4.18. The number of hydrogen-bond donors (Lipinski definition) is 1. The molecule has 29 heavy (non-hydrogen) atoms. The average molecular weight is 398 g/mol. The second kappa shape index (κ2) is 9.05. The van der Waals surface area contributed by atoms with Crippen LogP contribution in [0.2, 0.25) is 0 Å². The van der Waals surface area contributed by atoms with Gasteiger partial charge in [0.25, 0.3) is 0 Å². The van der Waals surface area contributed by atoms with Crippen LogP contribution in [0.15, 0.2) is 33.9 Å². The van der Waals surface area contributed by atoms with E-state index in [2.05, 4.69) is 29.8 Å². The highest BCUT2D eigenvalue weighted by Crippen LogP contribution is 2.31. The number of aliphatic imine (C=N–C) groups is 2. The first-order valence-corrected chi connectivity index (χ1v) is 10.6. The van der Waals surface area contributed by atoms with Gasteiger partial charge in [-0.15, -0.1) is 0 Å². The Kier molecular flexibility index (Phi) is 6.25. The number of aryl methyl sites for hydroxylation is 1. The van der Waals surface area contributed by atoms with Crippen LogP contribution in [0.4, 0.5) is 5.82 Å². The van der Waals surface area contributed by atoms with E-state index in [9.17, 15) is 0 Å². The molecule has 7 nitrogen and oxygen atoms in total. The topological polar surface area (TPSA) is 85.3 Å². The molecule has 156 valence electrons. The maximum absolute atomic E-state index is 5.88. The third kappa shape index (κ3) is 4.85. The Labute approximate surface area is 172 Å². The van der Waals surface area contributed by atoms with Gasteiger partial charge in [0.1, 0.15) is 5.82 Å². The Morgan fingerprint density at radius 2 is 2.14 bits per heavy atom. The standard InChI is InChI=1S/C22H31N5O2/c1-15-11-21(23)24-13-18(15)20-12-19(17-5-3-8-28-9-4-6-17)25-22(26-20)27-7-10-29-16(2)14-27/h5,11,13,16,20H,3-4,6-10,12,14H2,1-2H3,(H2,23,24)/t16-,20?/m1/s1. The summed E-state index contributed by atoms with van der Waals surface area (Å²) in [6, 6.07) is 1.94. The highest BCUT2D eigenvalue weighted by Gasteiger charge is 2.28. The van der Waals surface area contributed by atoms with Crippen molar-refractivity contribution in [3.05, 3.63) is 35.0 Å². The monoisotopic (exact) mass is 397 g/mol. The summed E-state index contributed by atoms with van der Waals surface area (Å²) in [6.07, 6.45) is 8.11. The normalized spacial score (nSPS) is 26.1. The summed E-state index contributed by atoms with van der Waals surface area (Å²) in [7, 11) is 0. The number of nitrogens with zero attached hydrogens (tertiary/aromatic N) is 4. The molecule has 1 saturated heterocycles. The zero-order valence-electron chi connectivity index (χ0n) is 17.4. The zero-order chi connectivity index (χ0) is 20.2. The second-order valence-electron chi connectivity index (χ2n) is 8.03. The average Bonchev–Trinajstić information content (AvgIpc) is 2.67. The molecule has 0 amide bonds. The molecule has 1 aromatic heterocycles. The molecule has 2 atom stereocenters. The molecule has 1 unspecified atom stereocenters. The van der Waals surface area contributed by atoms with Gasteiger partial charge in [0.15, 0.2) is 0 Å². The van der Waals surface area contributed by atoms with E-state index >= 15 is 0 Å². The van der Waals surface area contributed by atoms with Gasteiger partial charge in [-0.2, -0.15) is 0 Å². The molecule has 0 spiro atoms. The lowest BCUT2D eigenvalue weighted by atomic mass is 9.92. The number of anilines is 1. The van der Waals surface area contributed by atoms with Gasteiger partial charge < -0.3 is 20.1 Å². The Hall–Kier alpha value is -2.25. The first-order valence-electron chi connectivity index (χ1n) is 10.6. The van der Waals surface area contributed by atoms with E-state index in [1.165, 1.54) is 5.57 Å². The number of nitrogens with two attached hydrogens (primary N) is 1. The number of allylic oxidation sites excluding steroid dienone is 1. The molecule has 3 aliphatic heterocycles. The van der Waals surface area contributed by atoms with Crippen LogP contribution in [0.25, 0.3) is 0 Å². The van der Waals surface area contributed by atoms with E-state index in [1.807, 2.05) is 12.3 Å². The molecule has 1 fully saturated rings. The lowest BCUT2D eigenvalue weighted by Gasteiger charge is -2.34. The molecular formula is C22H31N5O2. The SMILES string of the molecule is Cc1cc(N)ncc1C1CC(C2=CCCOCCC2)=NC(N2CCO[C@H](C)C2)=N1. The van der Waals surface area contributed by atoms with Gasteiger partial charge in [-0.05, 0) is 55.9 Å². The summed E-state index contributed by atoms with van der Waals surface area (Å²) < 4.78 is 11.3. The van der Waals surface area contributed by atoms with Crippen LogP contribution in [0.5, 0.6) is 0 Å². The number of aromatic nitrogens is 1. The number of pyridine rings is 1. The van der Waals surface area contributed by atoms with E-state index in [0.717, 1.165) is 74.8 Å². The van der Waals surface area contributed by atoms with E-state index in [-0.39, 0.29) is 12.1 Å². The quantitative estimate of drug-likeness (QED) is 0.829. The van der Waals surface area contributed by atoms with Crippen LogP contribution in [0.3, 0.4) is 0 Å². The molecule has 1 aromatic rings. The van der Waals surface area contributed by atoms with Gasteiger partial charge in [-0.25, -0.2) is 15.0 Å². The van der Waals surface area contributed by atoms with Gasteiger partial charge in [0.2, 0.25) is 5.96 Å². The summed E-state index contributed by atoms with van der Waals surface area (Å²) in [5, 5.41) is 0. The third-order valence-electron chi connectivity index (χ3n) is 5.71. The Morgan fingerprint density at radius 1 is 1.24 bits per heavy atom. The van der Waals surface area contributed by atoms with Gasteiger partial charge >= 0.3 is 0 Å². The number of ether oxygens (including phenoxy) is 2. The first kappa shape index (κ1) is 20.0. The molecule has 7 heteroatoms. The van der Waals surface area contributed by atoms with Crippen LogP contribution < -0.4 is 5.73 Å². The minimum Gasteiger partial charge on any atom is -0.384 e. The van der Waals surface area contributed by atoms with Crippen molar-refractivity contribution in [3.8, 4) is 0 Å². The third-order valence-corrected chi connectivity index (χ3v) is 5.71. The van der Waals surface area contributed by atoms with Crippen LogP contribution in [0.1, 0.15) is 49.8 Å². The number of morpholine rings is 1. The van der Waals surface area contributed by atoms with Crippen LogP contribution >= 0.6 is 0 Å². The zero-order valence-corrected chi connectivity index (χ0v) is 17.4. The van der Waals surface area contributed by atoms with Crippen molar-refractivity contribution in [2.75, 3.05) is 38.6 Å². The molecular weight excluding hydrogens is 366 g/mol. The first-order chi connectivity index (χ1) is 14.1. The van der Waals surface area contributed by atoms with Crippen molar-refractivity contribution in [2.24, 2.45) is 9.98 Å². The van der Waals surface area contributed by atoms with Gasteiger partial charge in [-0.3, -0.25) is 0 Å². The summed E-state index contributed by atoms with van der Waals surface area (Å²) in [6.45, 7) is 8.12. The Bertz CT molecular complexity index is 832. The van der Waals surface area contributed by atoms with E-state index in [4.69, 9.17) is 25.2 Å². The minimum absolute atomic E-state index is 0.00587. The molecule has 0 aliphatic carbocycles. The predicted molar refractivity (Wildman–Crippen MR) is 115 cm³/mol. The fraction of sp³-hybridized carbons (Fsp3) is 0.591. The molecule has 0 saturated carbocycles. The fourth-order valence-electron chi connectivity index (χ4n) is 4.18. The van der Waals surface area contributed by atoms with Crippen LogP contribution in [0, 0.1) is 6.92 Å². The number of nitrogen functional groups attached to an aromatic ring is 1. The van der Waals surface area contributed by atoms with Crippen molar-refractivity contribution in [1.82, 2.24) is 9.88 Å². The van der Waals surface area contributed by atoms with Crippen LogP contribution in [-0.2, 0) is 9.47 Å². The van der Waals surface area contributed by atoms with Crippen molar-refractivity contribution < 1.29 is 9.47 Å². The summed E-state index contributed by atoms with van der Waals surface area (Å²) in [5.41, 5.74) is 10.6. The highest BCUT2D eigenvalue weighted by atomic mass is 16.5. The van der Waals surface area contributed by atoms with Gasteiger partial charge in [-0.1, -0.05) is 6.08 Å². The largest absolute Gasteiger partial charge is 0.384 e. The molecule has 0 aromatic carbocycles. The lowest BCUT2D eigenvalue weighted by Crippen LogP contribution is -2.45. The van der Waals surface area contributed by atoms with Crippen molar-refractivity contribution in [2.45, 2.75) is 51.7 Å². The van der Waals surface area contributed by atoms with Crippen LogP contribution in [-0.4, -0.2) is 60.6 Å². The Balaban J connectivity index is 1.68. The van der Waals surface area contributed by atoms with E-state index in [0.29, 0.717) is 12.4 Å². The number of hydrogen-bond acceptors (Lipinski definition) is 7. The van der Waals surface area contributed by atoms with Crippen molar-refractivity contribution >= 4 is 17.5 Å². The second-order valence-corrected chi connectivity index (χ2v) is 8.03.